The van der Waals surface area contributed by atoms with Gasteiger partial charge in [-0.2, -0.15) is 5.11 Å². The number of rotatable bonds is 7. The van der Waals surface area contributed by atoms with E-state index in [1.165, 1.54) is 6.08 Å². The standard InChI is InChI=1S/C18H20N4O2/c1-2-18(24)20-10-9-13-7-8-17(23)16(11-13)22-21-15-6-4-3-5-14(15)12-19/h2-8,11,23H,1,9-10,12,19H2,(H,20,24). The average Bonchev–Trinajstić information content (AvgIpc) is 2.62. The number of amides is 1. The van der Waals surface area contributed by atoms with Crippen LogP contribution in [0.4, 0.5) is 11.4 Å². The molecule has 6 nitrogen and oxygen atoms in total. The van der Waals surface area contributed by atoms with Crippen molar-refractivity contribution in [2.75, 3.05) is 6.54 Å². The average molecular weight is 324 g/mol. The van der Waals surface area contributed by atoms with Gasteiger partial charge in [0.2, 0.25) is 5.91 Å². The van der Waals surface area contributed by atoms with E-state index in [9.17, 15) is 9.90 Å². The van der Waals surface area contributed by atoms with Gasteiger partial charge in [0.15, 0.2) is 0 Å². The van der Waals surface area contributed by atoms with Crippen molar-refractivity contribution >= 4 is 17.3 Å². The first-order chi connectivity index (χ1) is 11.6. The Hall–Kier alpha value is -2.99. The number of carbonyl (C=O) groups excluding carboxylic acids is 1. The topological polar surface area (TPSA) is 100 Å². The molecule has 0 fully saturated rings. The second kappa shape index (κ2) is 8.59. The zero-order valence-electron chi connectivity index (χ0n) is 13.3. The van der Waals surface area contributed by atoms with Gasteiger partial charge in [0.05, 0.1) is 5.69 Å². The van der Waals surface area contributed by atoms with E-state index in [0.717, 1.165) is 11.1 Å². The lowest BCUT2D eigenvalue weighted by molar-refractivity contribution is -0.116. The molecule has 0 saturated heterocycles. The normalized spacial score (nSPS) is 10.7. The summed E-state index contributed by atoms with van der Waals surface area (Å²) in [6, 6.07) is 12.5. The summed E-state index contributed by atoms with van der Waals surface area (Å²) >= 11 is 0. The van der Waals surface area contributed by atoms with E-state index in [4.69, 9.17) is 5.73 Å². The third-order valence-corrected chi connectivity index (χ3v) is 3.42. The van der Waals surface area contributed by atoms with Gasteiger partial charge in [-0.25, -0.2) is 0 Å². The highest BCUT2D eigenvalue weighted by Crippen LogP contribution is 2.30. The number of nitrogens with one attached hydrogen (secondary N) is 1. The second-order valence-electron chi connectivity index (χ2n) is 5.10. The van der Waals surface area contributed by atoms with Gasteiger partial charge in [0, 0.05) is 13.1 Å². The van der Waals surface area contributed by atoms with E-state index in [-0.39, 0.29) is 11.7 Å². The Balaban J connectivity index is 2.12. The van der Waals surface area contributed by atoms with E-state index >= 15 is 0 Å². The molecule has 2 rings (SSSR count). The third-order valence-electron chi connectivity index (χ3n) is 3.42. The lowest BCUT2D eigenvalue weighted by Gasteiger charge is -2.05. The summed E-state index contributed by atoms with van der Waals surface area (Å²) in [6.45, 7) is 4.24. The molecule has 2 aromatic carbocycles. The number of benzene rings is 2. The molecule has 124 valence electrons. The number of hydrogen-bond acceptors (Lipinski definition) is 5. The number of aromatic hydroxyl groups is 1. The highest BCUT2D eigenvalue weighted by molar-refractivity contribution is 5.86. The number of hydrogen-bond donors (Lipinski definition) is 3. The summed E-state index contributed by atoms with van der Waals surface area (Å²) in [5.74, 6) is -0.171. The molecule has 24 heavy (non-hydrogen) atoms. The van der Waals surface area contributed by atoms with Gasteiger partial charge in [-0.1, -0.05) is 30.8 Å². The molecule has 2 aromatic rings. The lowest BCUT2D eigenvalue weighted by atomic mass is 10.1. The summed E-state index contributed by atoms with van der Waals surface area (Å²) in [7, 11) is 0. The van der Waals surface area contributed by atoms with Crippen molar-refractivity contribution in [2.24, 2.45) is 16.0 Å². The Morgan fingerprint density at radius 1 is 1.21 bits per heavy atom. The molecular formula is C18H20N4O2. The number of azo groups is 1. The zero-order valence-corrected chi connectivity index (χ0v) is 13.3. The number of phenols is 1. The fourth-order valence-electron chi connectivity index (χ4n) is 2.10. The first-order valence-corrected chi connectivity index (χ1v) is 7.56. The Morgan fingerprint density at radius 2 is 1.96 bits per heavy atom. The summed E-state index contributed by atoms with van der Waals surface area (Å²) in [5.41, 5.74) is 8.52. The fraction of sp³-hybridized carbons (Fsp3) is 0.167. The highest BCUT2D eigenvalue weighted by Gasteiger charge is 2.04. The Morgan fingerprint density at radius 3 is 2.71 bits per heavy atom. The van der Waals surface area contributed by atoms with Crippen molar-refractivity contribution in [3.63, 3.8) is 0 Å². The largest absolute Gasteiger partial charge is 0.506 e. The van der Waals surface area contributed by atoms with Gasteiger partial charge < -0.3 is 16.2 Å². The van der Waals surface area contributed by atoms with Gasteiger partial charge in [-0.3, -0.25) is 4.79 Å². The van der Waals surface area contributed by atoms with Crippen LogP contribution in [0.15, 0.2) is 65.3 Å². The van der Waals surface area contributed by atoms with E-state index in [1.807, 2.05) is 24.3 Å². The van der Waals surface area contributed by atoms with Crippen molar-refractivity contribution in [1.29, 1.82) is 0 Å². The van der Waals surface area contributed by atoms with Gasteiger partial charge in [0.1, 0.15) is 11.4 Å². The molecule has 0 aliphatic heterocycles. The Labute approximate surface area is 140 Å². The van der Waals surface area contributed by atoms with Crippen molar-refractivity contribution < 1.29 is 9.90 Å². The lowest BCUT2D eigenvalue weighted by Crippen LogP contribution is -2.23. The number of phenolic OH excluding ortho intramolecular Hbond substituents is 1. The predicted molar refractivity (Wildman–Crippen MR) is 93.5 cm³/mol. The molecule has 0 heterocycles. The van der Waals surface area contributed by atoms with Crippen molar-refractivity contribution in [3.05, 3.63) is 66.2 Å². The van der Waals surface area contributed by atoms with Crippen LogP contribution in [0.3, 0.4) is 0 Å². The van der Waals surface area contributed by atoms with Gasteiger partial charge in [-0.15, -0.1) is 5.11 Å². The van der Waals surface area contributed by atoms with E-state index in [2.05, 4.69) is 22.1 Å². The maximum Gasteiger partial charge on any atom is 0.243 e. The van der Waals surface area contributed by atoms with Crippen LogP contribution in [0.2, 0.25) is 0 Å². The zero-order chi connectivity index (χ0) is 17.4. The minimum Gasteiger partial charge on any atom is -0.506 e. The van der Waals surface area contributed by atoms with Crippen LogP contribution in [0.5, 0.6) is 5.75 Å². The molecule has 1 amide bonds. The van der Waals surface area contributed by atoms with E-state index in [0.29, 0.717) is 30.9 Å². The monoisotopic (exact) mass is 324 g/mol. The maximum atomic E-state index is 11.1. The minimum absolute atomic E-state index is 0.0443. The van der Waals surface area contributed by atoms with Gasteiger partial charge in [-0.05, 0) is 41.8 Å². The number of carbonyl (C=O) groups is 1. The number of nitrogens with two attached hydrogens (primary N) is 1. The number of nitrogens with zero attached hydrogens (tertiary/aromatic N) is 2. The first-order valence-electron chi connectivity index (χ1n) is 7.56. The quantitative estimate of drug-likeness (QED) is 0.539. The third kappa shape index (κ3) is 4.76. The molecule has 6 heteroatoms. The predicted octanol–water partition coefficient (Wildman–Crippen LogP) is 3.11. The molecule has 0 bridgehead atoms. The molecule has 0 spiro atoms. The highest BCUT2D eigenvalue weighted by atomic mass is 16.3. The van der Waals surface area contributed by atoms with Crippen LogP contribution in [0.25, 0.3) is 0 Å². The Bertz CT molecular complexity index is 756. The molecule has 0 atom stereocenters. The molecule has 0 unspecified atom stereocenters. The SMILES string of the molecule is C=CC(=O)NCCc1ccc(O)c(N=Nc2ccccc2CN)c1. The molecule has 0 aliphatic carbocycles. The van der Waals surface area contributed by atoms with Crippen LogP contribution < -0.4 is 11.1 Å². The molecule has 0 radical (unpaired) electrons. The second-order valence-corrected chi connectivity index (χ2v) is 5.10. The fourth-order valence-corrected chi connectivity index (χ4v) is 2.10. The van der Waals surface area contributed by atoms with E-state index in [1.54, 1.807) is 18.2 Å². The van der Waals surface area contributed by atoms with Crippen molar-refractivity contribution in [1.82, 2.24) is 5.32 Å². The molecule has 0 aromatic heterocycles. The van der Waals surface area contributed by atoms with Crippen molar-refractivity contribution in [3.8, 4) is 5.75 Å². The van der Waals surface area contributed by atoms with E-state index < -0.39 is 0 Å². The summed E-state index contributed by atoms with van der Waals surface area (Å²) in [4.78, 5) is 11.1. The summed E-state index contributed by atoms with van der Waals surface area (Å²) < 4.78 is 0. The van der Waals surface area contributed by atoms with Crippen LogP contribution in [0.1, 0.15) is 11.1 Å². The molecule has 0 saturated carbocycles. The molecule has 4 N–H and O–H groups in total. The van der Waals surface area contributed by atoms with Crippen LogP contribution in [0, 0.1) is 0 Å². The molecule has 0 aliphatic rings. The smallest absolute Gasteiger partial charge is 0.243 e. The van der Waals surface area contributed by atoms with Crippen LogP contribution >= 0.6 is 0 Å². The van der Waals surface area contributed by atoms with Crippen molar-refractivity contribution in [2.45, 2.75) is 13.0 Å². The van der Waals surface area contributed by atoms with Gasteiger partial charge >= 0.3 is 0 Å². The Kier molecular flexibility index (Phi) is 6.22. The summed E-state index contributed by atoms with van der Waals surface area (Å²) in [5, 5.41) is 20.9. The maximum absolute atomic E-state index is 11.1. The minimum atomic E-state index is -0.216. The summed E-state index contributed by atoms with van der Waals surface area (Å²) in [6.07, 6.45) is 1.84. The first kappa shape index (κ1) is 17.4. The molecular weight excluding hydrogens is 304 g/mol. The van der Waals surface area contributed by atoms with Crippen LogP contribution in [-0.2, 0) is 17.8 Å². The van der Waals surface area contributed by atoms with Gasteiger partial charge in [0.25, 0.3) is 0 Å². The van der Waals surface area contributed by atoms with Crippen LogP contribution in [-0.4, -0.2) is 17.6 Å².